The second-order valence-corrected chi connectivity index (χ2v) is 4.20. The summed E-state index contributed by atoms with van der Waals surface area (Å²) in [5.41, 5.74) is 1.04. The van der Waals surface area contributed by atoms with Gasteiger partial charge in [0.1, 0.15) is 0 Å². The monoisotopic (exact) mass is 261 g/mol. The van der Waals surface area contributed by atoms with Gasteiger partial charge in [-0.1, -0.05) is 23.7 Å². The number of carboxylic acids is 1. The third-order valence-corrected chi connectivity index (χ3v) is 3.08. The van der Waals surface area contributed by atoms with Gasteiger partial charge in [0.15, 0.2) is 0 Å². The van der Waals surface area contributed by atoms with Gasteiger partial charge in [-0.05, 0) is 17.7 Å². The molecule has 1 heterocycles. The number of benzene rings is 1. The standard InChI is InChI=1S/C11H12ClNO2.ClH/c12-8-3-1-7(2-4-8)9-5-13-6-10(9)11(14)15;/h1-4,9-10,13H,5-6H2,(H,14,15);1H. The molecule has 2 unspecified atom stereocenters. The normalized spacial score (nSPS) is 23.8. The number of nitrogens with one attached hydrogen (secondary N) is 1. The highest BCUT2D eigenvalue weighted by Crippen LogP contribution is 2.28. The summed E-state index contributed by atoms with van der Waals surface area (Å²) >= 11 is 5.79. The lowest BCUT2D eigenvalue weighted by Gasteiger charge is -2.14. The van der Waals surface area contributed by atoms with Gasteiger partial charge in [0.25, 0.3) is 0 Å². The molecule has 1 aromatic rings. The van der Waals surface area contributed by atoms with Crippen molar-refractivity contribution in [2.75, 3.05) is 13.1 Å². The lowest BCUT2D eigenvalue weighted by atomic mass is 9.89. The Balaban J connectivity index is 0.00000128. The molecule has 2 atom stereocenters. The zero-order valence-electron chi connectivity index (χ0n) is 8.52. The number of aliphatic carboxylic acids is 1. The van der Waals surface area contributed by atoms with Crippen LogP contribution in [0.1, 0.15) is 11.5 Å². The van der Waals surface area contributed by atoms with E-state index in [1.807, 2.05) is 12.1 Å². The fourth-order valence-corrected chi connectivity index (χ4v) is 2.12. The Morgan fingerprint density at radius 1 is 1.31 bits per heavy atom. The number of halogens is 2. The Bertz CT molecular complexity index is 367. The van der Waals surface area contributed by atoms with Crippen molar-refractivity contribution in [1.29, 1.82) is 0 Å². The van der Waals surface area contributed by atoms with Crippen LogP contribution in [0.4, 0.5) is 0 Å². The third kappa shape index (κ3) is 2.67. The minimum atomic E-state index is -0.736. The summed E-state index contributed by atoms with van der Waals surface area (Å²) < 4.78 is 0. The average molecular weight is 262 g/mol. The van der Waals surface area contributed by atoms with Crippen molar-refractivity contribution in [3.8, 4) is 0 Å². The van der Waals surface area contributed by atoms with Gasteiger partial charge in [-0.15, -0.1) is 12.4 Å². The van der Waals surface area contributed by atoms with Crippen molar-refractivity contribution < 1.29 is 9.90 Å². The maximum absolute atomic E-state index is 11.0. The van der Waals surface area contributed by atoms with Gasteiger partial charge in [-0.25, -0.2) is 0 Å². The Labute approximate surface area is 105 Å². The van der Waals surface area contributed by atoms with Gasteiger partial charge in [0.2, 0.25) is 0 Å². The van der Waals surface area contributed by atoms with Crippen molar-refractivity contribution in [3.05, 3.63) is 34.9 Å². The quantitative estimate of drug-likeness (QED) is 0.858. The van der Waals surface area contributed by atoms with Gasteiger partial charge in [0, 0.05) is 24.0 Å². The average Bonchev–Trinajstić information content (AvgIpc) is 2.67. The van der Waals surface area contributed by atoms with E-state index < -0.39 is 5.97 Å². The van der Waals surface area contributed by atoms with Crippen LogP contribution in [0.5, 0.6) is 0 Å². The van der Waals surface area contributed by atoms with E-state index in [9.17, 15) is 4.79 Å². The summed E-state index contributed by atoms with van der Waals surface area (Å²) in [5, 5.41) is 12.8. The number of hydrogen-bond acceptors (Lipinski definition) is 2. The second-order valence-electron chi connectivity index (χ2n) is 3.76. The molecule has 2 rings (SSSR count). The first-order chi connectivity index (χ1) is 7.18. The lowest BCUT2D eigenvalue weighted by molar-refractivity contribution is -0.141. The van der Waals surface area contributed by atoms with Crippen LogP contribution < -0.4 is 5.32 Å². The molecule has 0 spiro atoms. The van der Waals surface area contributed by atoms with Crippen LogP contribution in [0.15, 0.2) is 24.3 Å². The largest absolute Gasteiger partial charge is 0.481 e. The third-order valence-electron chi connectivity index (χ3n) is 2.83. The van der Waals surface area contributed by atoms with Crippen LogP contribution >= 0.6 is 24.0 Å². The molecule has 0 saturated carbocycles. The summed E-state index contributed by atoms with van der Waals surface area (Å²) in [6.07, 6.45) is 0. The van der Waals surface area contributed by atoms with Gasteiger partial charge in [-0.3, -0.25) is 4.79 Å². The molecule has 1 fully saturated rings. The molecule has 0 aromatic heterocycles. The zero-order valence-corrected chi connectivity index (χ0v) is 10.1. The summed E-state index contributed by atoms with van der Waals surface area (Å²) in [4.78, 5) is 11.0. The number of carboxylic acid groups (broad SMARTS) is 1. The topological polar surface area (TPSA) is 49.3 Å². The van der Waals surface area contributed by atoms with E-state index in [-0.39, 0.29) is 24.2 Å². The van der Waals surface area contributed by atoms with E-state index >= 15 is 0 Å². The first-order valence-corrected chi connectivity index (χ1v) is 5.25. The summed E-state index contributed by atoms with van der Waals surface area (Å²) in [7, 11) is 0. The van der Waals surface area contributed by atoms with E-state index in [1.54, 1.807) is 12.1 Å². The van der Waals surface area contributed by atoms with Crippen LogP contribution in [0.3, 0.4) is 0 Å². The lowest BCUT2D eigenvalue weighted by Crippen LogP contribution is -2.20. The summed E-state index contributed by atoms with van der Waals surface area (Å²) in [6, 6.07) is 7.40. The van der Waals surface area contributed by atoms with Gasteiger partial charge in [0.05, 0.1) is 5.92 Å². The Kier molecular flexibility index (Phi) is 4.59. The van der Waals surface area contributed by atoms with Crippen molar-refractivity contribution in [3.63, 3.8) is 0 Å². The summed E-state index contributed by atoms with van der Waals surface area (Å²) in [5.74, 6) is -1.01. The molecule has 16 heavy (non-hydrogen) atoms. The highest BCUT2D eigenvalue weighted by atomic mass is 35.5. The van der Waals surface area contributed by atoms with Crippen LogP contribution in [-0.4, -0.2) is 24.2 Å². The first-order valence-electron chi connectivity index (χ1n) is 4.87. The molecule has 1 saturated heterocycles. The minimum absolute atomic E-state index is 0. The van der Waals surface area contributed by atoms with Crippen LogP contribution in [0.25, 0.3) is 0 Å². The van der Waals surface area contributed by atoms with Gasteiger partial charge in [-0.2, -0.15) is 0 Å². The SMILES string of the molecule is Cl.O=C(O)C1CNCC1c1ccc(Cl)cc1. The fraction of sp³-hybridized carbons (Fsp3) is 0.364. The maximum Gasteiger partial charge on any atom is 0.308 e. The number of rotatable bonds is 2. The molecule has 1 aromatic carbocycles. The molecule has 88 valence electrons. The number of hydrogen-bond donors (Lipinski definition) is 2. The molecular formula is C11H13Cl2NO2. The molecule has 3 nitrogen and oxygen atoms in total. The van der Waals surface area contributed by atoms with Gasteiger partial charge >= 0.3 is 5.97 Å². The smallest absolute Gasteiger partial charge is 0.308 e. The molecule has 1 aliphatic heterocycles. The first kappa shape index (κ1) is 13.3. The molecule has 0 amide bonds. The maximum atomic E-state index is 11.0. The number of carbonyl (C=O) groups is 1. The van der Waals surface area contributed by atoms with Crippen molar-refractivity contribution in [2.45, 2.75) is 5.92 Å². The highest BCUT2D eigenvalue weighted by Gasteiger charge is 2.33. The van der Waals surface area contributed by atoms with E-state index in [0.717, 1.165) is 12.1 Å². The molecule has 0 bridgehead atoms. The Morgan fingerprint density at radius 3 is 2.50 bits per heavy atom. The second kappa shape index (κ2) is 5.53. The summed E-state index contributed by atoms with van der Waals surface area (Å²) in [6.45, 7) is 1.27. The van der Waals surface area contributed by atoms with Crippen LogP contribution in [-0.2, 0) is 4.79 Å². The van der Waals surface area contributed by atoms with Crippen molar-refractivity contribution >= 4 is 30.0 Å². The Morgan fingerprint density at radius 2 is 1.94 bits per heavy atom. The molecular weight excluding hydrogens is 249 g/mol. The van der Waals surface area contributed by atoms with Crippen molar-refractivity contribution in [1.82, 2.24) is 5.32 Å². The Hall–Kier alpha value is -0.770. The molecule has 5 heteroatoms. The van der Waals surface area contributed by atoms with Crippen LogP contribution in [0.2, 0.25) is 5.02 Å². The predicted molar refractivity (Wildman–Crippen MR) is 65.4 cm³/mol. The van der Waals surface area contributed by atoms with E-state index in [0.29, 0.717) is 11.6 Å². The van der Waals surface area contributed by atoms with E-state index in [2.05, 4.69) is 5.32 Å². The minimum Gasteiger partial charge on any atom is -0.481 e. The van der Waals surface area contributed by atoms with Gasteiger partial charge < -0.3 is 10.4 Å². The fourth-order valence-electron chi connectivity index (χ4n) is 2.00. The van der Waals surface area contributed by atoms with Crippen molar-refractivity contribution in [2.24, 2.45) is 5.92 Å². The zero-order chi connectivity index (χ0) is 10.8. The van der Waals surface area contributed by atoms with Crippen LogP contribution in [0, 0.1) is 5.92 Å². The predicted octanol–water partition coefficient (Wildman–Crippen LogP) is 2.15. The van der Waals surface area contributed by atoms with E-state index in [1.165, 1.54) is 0 Å². The molecule has 2 N–H and O–H groups in total. The molecule has 1 aliphatic rings. The highest BCUT2D eigenvalue weighted by molar-refractivity contribution is 6.30. The van der Waals surface area contributed by atoms with E-state index in [4.69, 9.17) is 16.7 Å². The molecule has 0 radical (unpaired) electrons. The molecule has 0 aliphatic carbocycles.